The summed E-state index contributed by atoms with van der Waals surface area (Å²) < 4.78 is 31.0. The fraction of sp³-hybridized carbons (Fsp3) is 0. The van der Waals surface area contributed by atoms with Crippen LogP contribution in [-0.2, 0) is 10.1 Å². The molecule has 0 aliphatic carbocycles. The van der Waals surface area contributed by atoms with Crippen molar-refractivity contribution in [3.8, 4) is 5.75 Å². The van der Waals surface area contributed by atoms with Crippen LogP contribution in [-0.4, -0.2) is 14.2 Å². The fourth-order valence-corrected chi connectivity index (χ4v) is 3.95. The van der Waals surface area contributed by atoms with E-state index in [4.69, 9.17) is 4.18 Å². The molecule has 0 aromatic heterocycles. The number of hydrogen-bond donors (Lipinski definition) is 0. The van der Waals surface area contributed by atoms with Crippen LogP contribution in [0.25, 0.3) is 10.8 Å². The minimum atomic E-state index is -4.10. The van der Waals surface area contributed by atoms with Crippen molar-refractivity contribution < 1.29 is 17.4 Å². The zero-order chi connectivity index (χ0) is 19.6. The first-order valence-electron chi connectivity index (χ1n) is 8.67. The molecule has 28 heavy (non-hydrogen) atoms. The molecule has 4 aromatic rings. The molecule has 4 nitrogen and oxygen atoms in total. The van der Waals surface area contributed by atoms with Crippen molar-refractivity contribution in [2.45, 2.75) is 4.90 Å². The Morgan fingerprint density at radius 1 is 0.679 bits per heavy atom. The topological polar surface area (TPSA) is 60.4 Å². The highest BCUT2D eigenvalue weighted by molar-refractivity contribution is 7.87. The van der Waals surface area contributed by atoms with Crippen LogP contribution < -0.4 is 4.18 Å². The number of para-hydroxylation sites is 1. The van der Waals surface area contributed by atoms with Crippen LogP contribution in [0.5, 0.6) is 5.75 Å². The molecule has 4 aromatic carbocycles. The molecule has 0 unspecified atom stereocenters. The number of carbonyl (C=O) groups is 1. The summed E-state index contributed by atoms with van der Waals surface area (Å²) in [5.41, 5.74) is 0.653. The Balaban J connectivity index is 1.71. The van der Waals surface area contributed by atoms with Crippen molar-refractivity contribution in [3.05, 3.63) is 108 Å². The highest BCUT2D eigenvalue weighted by Crippen LogP contribution is 2.27. The zero-order valence-corrected chi connectivity index (χ0v) is 15.6. The molecule has 0 saturated carbocycles. The lowest BCUT2D eigenvalue weighted by atomic mass is 10.0. The van der Waals surface area contributed by atoms with Crippen LogP contribution in [0.15, 0.2) is 102 Å². The molecule has 5 heteroatoms. The lowest BCUT2D eigenvalue weighted by Gasteiger charge is -2.11. The van der Waals surface area contributed by atoms with Gasteiger partial charge >= 0.3 is 10.1 Å². The van der Waals surface area contributed by atoms with Crippen LogP contribution in [0, 0.1) is 0 Å². The number of rotatable bonds is 5. The van der Waals surface area contributed by atoms with E-state index in [-0.39, 0.29) is 22.0 Å². The Morgan fingerprint density at radius 2 is 1.32 bits per heavy atom. The molecule has 0 aliphatic rings. The van der Waals surface area contributed by atoms with E-state index in [2.05, 4.69) is 0 Å². The molecule has 0 spiro atoms. The molecule has 0 heterocycles. The highest BCUT2D eigenvalue weighted by Gasteiger charge is 2.21. The van der Waals surface area contributed by atoms with Gasteiger partial charge in [0.2, 0.25) is 0 Å². The highest BCUT2D eigenvalue weighted by atomic mass is 32.2. The predicted molar refractivity (Wildman–Crippen MR) is 108 cm³/mol. The lowest BCUT2D eigenvalue weighted by Crippen LogP contribution is -2.13. The van der Waals surface area contributed by atoms with Gasteiger partial charge in [0.15, 0.2) is 11.5 Å². The van der Waals surface area contributed by atoms with E-state index >= 15 is 0 Å². The molecule has 4 rings (SSSR count). The fourth-order valence-electron chi connectivity index (χ4n) is 2.96. The number of fused-ring (bicyclic) bond motifs is 1. The monoisotopic (exact) mass is 388 g/mol. The zero-order valence-electron chi connectivity index (χ0n) is 14.8. The van der Waals surface area contributed by atoms with E-state index in [0.29, 0.717) is 5.56 Å². The maximum atomic E-state index is 12.8. The van der Waals surface area contributed by atoms with Gasteiger partial charge in [-0.3, -0.25) is 4.79 Å². The third-order valence-electron chi connectivity index (χ3n) is 4.38. The van der Waals surface area contributed by atoms with Crippen LogP contribution in [0.2, 0.25) is 0 Å². The molecule has 0 fully saturated rings. The Morgan fingerprint density at radius 3 is 2.11 bits per heavy atom. The summed E-state index contributed by atoms with van der Waals surface area (Å²) in [5, 5.41) is 1.72. The third kappa shape index (κ3) is 3.52. The predicted octanol–water partition coefficient (Wildman–Crippen LogP) is 4.84. The minimum Gasteiger partial charge on any atom is -0.378 e. The minimum absolute atomic E-state index is 0.00418. The van der Waals surface area contributed by atoms with E-state index in [1.807, 2.05) is 30.3 Å². The van der Waals surface area contributed by atoms with E-state index < -0.39 is 10.1 Å². The van der Waals surface area contributed by atoms with Gasteiger partial charge in [0.1, 0.15) is 4.90 Å². The summed E-state index contributed by atoms with van der Waals surface area (Å²) in [4.78, 5) is 12.8. The van der Waals surface area contributed by atoms with Crippen molar-refractivity contribution in [1.82, 2.24) is 0 Å². The number of hydrogen-bond acceptors (Lipinski definition) is 4. The smallest absolute Gasteiger partial charge is 0.339 e. The first-order chi connectivity index (χ1) is 13.5. The van der Waals surface area contributed by atoms with Gasteiger partial charge in [-0.2, -0.15) is 8.42 Å². The molecule has 0 N–H and O–H groups in total. The Hall–Kier alpha value is -3.44. The van der Waals surface area contributed by atoms with Gasteiger partial charge in [0.25, 0.3) is 0 Å². The van der Waals surface area contributed by atoms with E-state index in [0.717, 1.165) is 10.8 Å². The Labute approximate surface area is 163 Å². The van der Waals surface area contributed by atoms with E-state index in [1.165, 1.54) is 12.1 Å². The quantitative estimate of drug-likeness (QED) is 0.363. The number of carbonyl (C=O) groups excluding carboxylic acids is 1. The summed E-state index contributed by atoms with van der Waals surface area (Å²) in [6.45, 7) is 0. The van der Waals surface area contributed by atoms with Gasteiger partial charge < -0.3 is 4.18 Å². The van der Waals surface area contributed by atoms with Crippen LogP contribution in [0.3, 0.4) is 0 Å². The van der Waals surface area contributed by atoms with Gasteiger partial charge in [-0.05, 0) is 35.0 Å². The Kier molecular flexibility index (Phi) is 4.67. The van der Waals surface area contributed by atoms with Crippen LogP contribution >= 0.6 is 0 Å². The first kappa shape index (κ1) is 17.9. The first-order valence-corrected chi connectivity index (χ1v) is 10.1. The summed E-state index contributed by atoms with van der Waals surface area (Å²) in [6.07, 6.45) is 0. The van der Waals surface area contributed by atoms with Gasteiger partial charge in [-0.25, -0.2) is 0 Å². The molecular formula is C23H16O4S. The second-order valence-corrected chi connectivity index (χ2v) is 7.78. The second kappa shape index (κ2) is 7.29. The van der Waals surface area contributed by atoms with E-state index in [9.17, 15) is 13.2 Å². The third-order valence-corrected chi connectivity index (χ3v) is 5.61. The Bertz CT molecular complexity index is 1260. The number of ketones is 1. The molecule has 0 bridgehead atoms. The van der Waals surface area contributed by atoms with Crippen LogP contribution in [0.4, 0.5) is 0 Å². The van der Waals surface area contributed by atoms with Gasteiger partial charge in [-0.15, -0.1) is 0 Å². The molecule has 0 saturated heterocycles. The average Bonchev–Trinajstić information content (AvgIpc) is 2.73. The van der Waals surface area contributed by atoms with Gasteiger partial charge in [0.05, 0.1) is 5.56 Å². The van der Waals surface area contributed by atoms with Gasteiger partial charge in [0, 0.05) is 5.56 Å². The van der Waals surface area contributed by atoms with Crippen molar-refractivity contribution in [1.29, 1.82) is 0 Å². The lowest BCUT2D eigenvalue weighted by molar-refractivity contribution is 0.103. The van der Waals surface area contributed by atoms with E-state index in [1.54, 1.807) is 54.6 Å². The van der Waals surface area contributed by atoms with Crippen molar-refractivity contribution in [2.24, 2.45) is 0 Å². The summed E-state index contributed by atoms with van der Waals surface area (Å²) in [6, 6.07) is 27.3. The van der Waals surface area contributed by atoms with Crippen LogP contribution in [0.1, 0.15) is 15.9 Å². The SMILES string of the molecule is O=C(c1ccccc1)c1ccccc1OS(=O)(=O)c1ccc2ccccc2c1. The van der Waals surface area contributed by atoms with Crippen molar-refractivity contribution in [3.63, 3.8) is 0 Å². The molecule has 138 valence electrons. The number of benzene rings is 4. The maximum Gasteiger partial charge on any atom is 0.339 e. The summed E-state index contributed by atoms with van der Waals surface area (Å²) in [7, 11) is -4.10. The summed E-state index contributed by atoms with van der Waals surface area (Å²) >= 11 is 0. The molecule has 0 radical (unpaired) electrons. The molecule has 0 aliphatic heterocycles. The molecule has 0 atom stereocenters. The van der Waals surface area contributed by atoms with Gasteiger partial charge in [-0.1, -0.05) is 72.8 Å². The van der Waals surface area contributed by atoms with Crippen molar-refractivity contribution >= 4 is 26.7 Å². The maximum absolute atomic E-state index is 12.8. The second-order valence-electron chi connectivity index (χ2n) is 6.24. The molecular weight excluding hydrogens is 372 g/mol. The largest absolute Gasteiger partial charge is 0.378 e. The standard InChI is InChI=1S/C23H16O4S/c24-23(18-9-2-1-3-10-18)21-12-6-7-13-22(21)27-28(25,26)20-15-14-17-8-4-5-11-19(17)16-20/h1-16H. The summed E-state index contributed by atoms with van der Waals surface area (Å²) in [5.74, 6) is -0.297. The molecule has 0 amide bonds. The van der Waals surface area contributed by atoms with Crippen molar-refractivity contribution in [2.75, 3.05) is 0 Å². The normalized spacial score (nSPS) is 11.3. The average molecular weight is 388 g/mol.